The van der Waals surface area contributed by atoms with Gasteiger partial charge in [0.05, 0.1) is 5.41 Å². The van der Waals surface area contributed by atoms with Gasteiger partial charge in [-0.15, -0.1) is 0 Å². The van der Waals surface area contributed by atoms with Gasteiger partial charge >= 0.3 is 5.97 Å². The lowest BCUT2D eigenvalue weighted by molar-refractivity contribution is -0.157. The highest BCUT2D eigenvalue weighted by Gasteiger charge is 2.45. The van der Waals surface area contributed by atoms with Crippen LogP contribution in [0.5, 0.6) is 0 Å². The molecule has 6 nitrogen and oxygen atoms in total. The highest BCUT2D eigenvalue weighted by atomic mass is 16.4. The third-order valence-electron chi connectivity index (χ3n) is 4.86. The molecule has 0 atom stereocenters. The van der Waals surface area contributed by atoms with Gasteiger partial charge < -0.3 is 15.3 Å². The minimum atomic E-state index is -0.857. The molecule has 0 aromatic heterocycles. The van der Waals surface area contributed by atoms with E-state index in [-0.39, 0.29) is 18.2 Å². The van der Waals surface area contributed by atoms with Crippen LogP contribution in [0, 0.1) is 5.41 Å². The summed E-state index contributed by atoms with van der Waals surface area (Å²) in [6, 6.07) is 0. The number of hydrogen-bond acceptors (Lipinski definition) is 3. The average Bonchev–Trinajstić information content (AvgIpc) is 2.63. The van der Waals surface area contributed by atoms with Gasteiger partial charge in [0.15, 0.2) is 0 Å². The molecule has 1 saturated carbocycles. The minimum absolute atomic E-state index is 0.0744. The zero-order chi connectivity index (χ0) is 16.0. The first-order chi connectivity index (χ1) is 10.5. The highest BCUT2D eigenvalue weighted by molar-refractivity contribution is 5.85. The zero-order valence-electron chi connectivity index (χ0n) is 13.1. The van der Waals surface area contributed by atoms with E-state index in [0.717, 1.165) is 38.6 Å². The molecular weight excluding hydrogens is 284 g/mol. The number of hydrogen-bond donors (Lipinski definition) is 2. The smallest absolute Gasteiger partial charge is 0.310 e. The van der Waals surface area contributed by atoms with E-state index < -0.39 is 11.4 Å². The molecule has 2 N–H and O–H groups in total. The van der Waals surface area contributed by atoms with Gasteiger partial charge in [0, 0.05) is 32.5 Å². The van der Waals surface area contributed by atoms with Crippen LogP contribution in [0.1, 0.15) is 57.8 Å². The van der Waals surface area contributed by atoms with Crippen LogP contribution in [0.4, 0.5) is 0 Å². The maximum atomic E-state index is 11.9. The summed E-state index contributed by atoms with van der Waals surface area (Å²) in [6.07, 6.45) is 6.64. The molecule has 2 aliphatic rings. The van der Waals surface area contributed by atoms with Crippen LogP contribution in [-0.2, 0) is 14.4 Å². The van der Waals surface area contributed by atoms with Gasteiger partial charge in [-0.25, -0.2) is 0 Å². The van der Waals surface area contributed by atoms with E-state index in [0.29, 0.717) is 32.4 Å². The van der Waals surface area contributed by atoms with Crippen LogP contribution < -0.4 is 5.32 Å². The van der Waals surface area contributed by atoms with Crippen LogP contribution in [0.2, 0.25) is 0 Å². The third kappa shape index (κ3) is 4.21. The van der Waals surface area contributed by atoms with Crippen molar-refractivity contribution in [2.75, 3.05) is 19.6 Å². The number of carbonyl (C=O) groups excluding carboxylic acids is 2. The summed E-state index contributed by atoms with van der Waals surface area (Å²) in [7, 11) is 0. The number of carboxylic acids is 1. The second-order valence-corrected chi connectivity index (χ2v) is 6.51. The molecule has 0 spiro atoms. The van der Waals surface area contributed by atoms with Gasteiger partial charge in [-0.1, -0.05) is 12.8 Å². The van der Waals surface area contributed by atoms with Gasteiger partial charge in [0.25, 0.3) is 0 Å². The lowest BCUT2D eigenvalue weighted by atomic mass is 9.66. The molecule has 2 fully saturated rings. The quantitative estimate of drug-likeness (QED) is 0.698. The minimum Gasteiger partial charge on any atom is -0.481 e. The first-order valence-electron chi connectivity index (χ1n) is 8.31. The molecule has 1 aliphatic heterocycles. The summed E-state index contributed by atoms with van der Waals surface area (Å²) >= 11 is 0. The Morgan fingerprint density at radius 3 is 2.59 bits per heavy atom. The SMILES string of the molecule is O=C(CC1(C(=O)O)CCC1)NCCCN1CCCCCC1=O. The molecule has 0 unspecified atom stereocenters. The third-order valence-corrected chi connectivity index (χ3v) is 4.86. The summed E-state index contributed by atoms with van der Waals surface area (Å²) in [5, 5.41) is 12.0. The van der Waals surface area contributed by atoms with Crippen LogP contribution in [-0.4, -0.2) is 47.4 Å². The van der Waals surface area contributed by atoms with E-state index in [2.05, 4.69) is 5.32 Å². The summed E-state index contributed by atoms with van der Waals surface area (Å²) in [4.78, 5) is 36.8. The Balaban J connectivity index is 1.64. The molecule has 2 amide bonds. The molecule has 124 valence electrons. The molecule has 2 rings (SSSR count). The Kier molecular flexibility index (Phi) is 5.80. The van der Waals surface area contributed by atoms with Crippen LogP contribution in [0.25, 0.3) is 0 Å². The van der Waals surface area contributed by atoms with Gasteiger partial charge in [0.2, 0.25) is 11.8 Å². The van der Waals surface area contributed by atoms with Crippen molar-refractivity contribution in [2.45, 2.75) is 57.8 Å². The summed E-state index contributed by atoms with van der Waals surface area (Å²) in [5.74, 6) is -0.837. The summed E-state index contributed by atoms with van der Waals surface area (Å²) in [6.45, 7) is 1.98. The second-order valence-electron chi connectivity index (χ2n) is 6.51. The maximum absolute atomic E-state index is 11.9. The van der Waals surface area contributed by atoms with Crippen molar-refractivity contribution in [1.82, 2.24) is 10.2 Å². The summed E-state index contributed by atoms with van der Waals surface area (Å²) in [5.41, 5.74) is -0.829. The van der Waals surface area contributed by atoms with E-state index in [1.807, 2.05) is 4.90 Å². The predicted octanol–water partition coefficient (Wildman–Crippen LogP) is 1.54. The van der Waals surface area contributed by atoms with E-state index in [4.69, 9.17) is 0 Å². The first-order valence-corrected chi connectivity index (χ1v) is 8.31. The molecule has 0 aromatic rings. The van der Waals surface area contributed by atoms with E-state index in [1.54, 1.807) is 0 Å². The first kappa shape index (κ1) is 16.8. The summed E-state index contributed by atoms with van der Waals surface area (Å²) < 4.78 is 0. The second kappa shape index (κ2) is 7.61. The Labute approximate surface area is 131 Å². The van der Waals surface area contributed by atoms with Crippen LogP contribution in [0.3, 0.4) is 0 Å². The molecule has 1 saturated heterocycles. The lowest BCUT2D eigenvalue weighted by Crippen LogP contribution is -2.43. The number of nitrogens with one attached hydrogen (secondary N) is 1. The van der Waals surface area contributed by atoms with Crippen molar-refractivity contribution < 1.29 is 19.5 Å². The van der Waals surface area contributed by atoms with Crippen molar-refractivity contribution in [3.8, 4) is 0 Å². The molecule has 1 heterocycles. The number of rotatable bonds is 7. The van der Waals surface area contributed by atoms with Crippen LogP contribution >= 0.6 is 0 Å². The molecular formula is C16H26N2O4. The monoisotopic (exact) mass is 310 g/mol. The average molecular weight is 310 g/mol. The Morgan fingerprint density at radius 2 is 1.95 bits per heavy atom. The molecule has 0 bridgehead atoms. The predicted molar refractivity (Wildman–Crippen MR) is 81.2 cm³/mol. The standard InChI is InChI=1S/C16H26N2O4/c19-13(12-16(15(21)22)7-4-8-16)17-9-5-11-18-10-3-1-2-6-14(18)20/h1-12H2,(H,17,19)(H,21,22). The molecule has 22 heavy (non-hydrogen) atoms. The fraction of sp³-hybridized carbons (Fsp3) is 0.812. The van der Waals surface area contributed by atoms with Crippen molar-refractivity contribution in [3.63, 3.8) is 0 Å². The topological polar surface area (TPSA) is 86.7 Å². The van der Waals surface area contributed by atoms with Gasteiger partial charge in [-0.05, 0) is 32.1 Å². The fourth-order valence-electron chi connectivity index (χ4n) is 3.21. The maximum Gasteiger partial charge on any atom is 0.310 e. The molecule has 1 aliphatic carbocycles. The zero-order valence-corrected chi connectivity index (χ0v) is 13.1. The number of nitrogens with zero attached hydrogens (tertiary/aromatic N) is 1. The van der Waals surface area contributed by atoms with E-state index >= 15 is 0 Å². The molecule has 0 radical (unpaired) electrons. The van der Waals surface area contributed by atoms with E-state index in [9.17, 15) is 19.5 Å². The van der Waals surface area contributed by atoms with Crippen molar-refractivity contribution in [3.05, 3.63) is 0 Å². The number of carbonyl (C=O) groups is 3. The number of likely N-dealkylation sites (tertiary alicyclic amines) is 1. The fourth-order valence-corrected chi connectivity index (χ4v) is 3.21. The number of aliphatic carboxylic acids is 1. The van der Waals surface area contributed by atoms with Crippen molar-refractivity contribution >= 4 is 17.8 Å². The molecule has 0 aromatic carbocycles. The van der Waals surface area contributed by atoms with Gasteiger partial charge in [-0.2, -0.15) is 0 Å². The van der Waals surface area contributed by atoms with Gasteiger partial charge in [0.1, 0.15) is 0 Å². The molecule has 6 heteroatoms. The van der Waals surface area contributed by atoms with E-state index in [1.165, 1.54) is 0 Å². The Hall–Kier alpha value is -1.59. The van der Waals surface area contributed by atoms with Crippen molar-refractivity contribution in [1.29, 1.82) is 0 Å². The Bertz CT molecular complexity index is 432. The highest BCUT2D eigenvalue weighted by Crippen LogP contribution is 2.44. The normalized spacial score (nSPS) is 20.9. The number of amides is 2. The van der Waals surface area contributed by atoms with Gasteiger partial charge in [-0.3, -0.25) is 14.4 Å². The largest absolute Gasteiger partial charge is 0.481 e. The van der Waals surface area contributed by atoms with Crippen LogP contribution in [0.15, 0.2) is 0 Å². The van der Waals surface area contributed by atoms with Crippen molar-refractivity contribution in [2.24, 2.45) is 5.41 Å². The lowest BCUT2D eigenvalue weighted by Gasteiger charge is -2.36. The number of carboxylic acid groups (broad SMARTS) is 1. The Morgan fingerprint density at radius 1 is 1.18 bits per heavy atom.